The second-order valence-electron chi connectivity index (χ2n) is 2.97. The van der Waals surface area contributed by atoms with Gasteiger partial charge >= 0.3 is 0 Å². The lowest BCUT2D eigenvalue weighted by atomic mass is 10.2. The van der Waals surface area contributed by atoms with E-state index in [1.807, 2.05) is 5.38 Å². The molecular weight excluding hydrogens is 224 g/mol. The van der Waals surface area contributed by atoms with Crippen LogP contribution in [0.15, 0.2) is 11.6 Å². The Kier molecular flexibility index (Phi) is 2.88. The number of alkyl halides is 1. The number of hydrogen-bond donors (Lipinski definition) is 0. The van der Waals surface area contributed by atoms with Gasteiger partial charge in [0.05, 0.1) is 13.1 Å². The lowest BCUT2D eigenvalue weighted by molar-refractivity contribution is -0.137. The standard InChI is InChI=1S/C8H9ClN2O2S/c9-3-7(12)11-4-6(5-11)13-8-10-1-2-14-8/h1-2,6H,3-5H2. The van der Waals surface area contributed by atoms with E-state index in [1.165, 1.54) is 11.3 Å². The molecule has 1 saturated heterocycles. The van der Waals surface area contributed by atoms with Crippen LogP contribution in [0.5, 0.6) is 5.19 Å². The number of halogens is 1. The highest BCUT2D eigenvalue weighted by atomic mass is 35.5. The topological polar surface area (TPSA) is 42.4 Å². The van der Waals surface area contributed by atoms with E-state index < -0.39 is 0 Å². The fraction of sp³-hybridized carbons (Fsp3) is 0.500. The van der Waals surface area contributed by atoms with Crippen LogP contribution in [-0.4, -0.2) is 40.9 Å². The van der Waals surface area contributed by atoms with Gasteiger partial charge < -0.3 is 9.64 Å². The van der Waals surface area contributed by atoms with Gasteiger partial charge in [0.25, 0.3) is 5.19 Å². The Bertz CT molecular complexity index is 311. The first-order valence-corrected chi connectivity index (χ1v) is 5.61. The highest BCUT2D eigenvalue weighted by molar-refractivity contribution is 7.11. The van der Waals surface area contributed by atoms with Crippen molar-refractivity contribution in [2.75, 3.05) is 19.0 Å². The number of hydrogen-bond acceptors (Lipinski definition) is 4. The van der Waals surface area contributed by atoms with Crippen molar-refractivity contribution < 1.29 is 9.53 Å². The molecule has 1 aromatic heterocycles. The third-order valence-corrected chi connectivity index (χ3v) is 2.88. The lowest BCUT2D eigenvalue weighted by Crippen LogP contribution is -2.56. The van der Waals surface area contributed by atoms with Crippen LogP contribution < -0.4 is 4.74 Å². The third kappa shape index (κ3) is 1.99. The number of likely N-dealkylation sites (tertiary alicyclic amines) is 1. The zero-order valence-electron chi connectivity index (χ0n) is 7.35. The fourth-order valence-corrected chi connectivity index (χ4v) is 1.93. The Balaban J connectivity index is 1.76. The molecule has 0 N–H and O–H groups in total. The van der Waals surface area contributed by atoms with Crippen LogP contribution in [0.3, 0.4) is 0 Å². The summed E-state index contributed by atoms with van der Waals surface area (Å²) in [6, 6.07) is 0. The second kappa shape index (κ2) is 4.14. The lowest BCUT2D eigenvalue weighted by Gasteiger charge is -2.37. The maximum absolute atomic E-state index is 11.1. The minimum atomic E-state index is -0.0364. The van der Waals surface area contributed by atoms with Gasteiger partial charge in [-0.05, 0) is 0 Å². The first kappa shape index (κ1) is 9.73. The van der Waals surface area contributed by atoms with E-state index in [-0.39, 0.29) is 17.9 Å². The molecule has 0 unspecified atom stereocenters. The van der Waals surface area contributed by atoms with Gasteiger partial charge in [0.15, 0.2) is 0 Å². The van der Waals surface area contributed by atoms with Gasteiger partial charge in [0, 0.05) is 11.6 Å². The SMILES string of the molecule is O=C(CCl)N1CC(Oc2nccs2)C1. The van der Waals surface area contributed by atoms with Crippen molar-refractivity contribution in [2.24, 2.45) is 0 Å². The van der Waals surface area contributed by atoms with E-state index in [0.29, 0.717) is 18.3 Å². The molecule has 0 aliphatic carbocycles. The van der Waals surface area contributed by atoms with Crippen LogP contribution in [0.1, 0.15) is 0 Å². The summed E-state index contributed by atoms with van der Waals surface area (Å²) in [4.78, 5) is 16.7. The Morgan fingerprint density at radius 2 is 2.57 bits per heavy atom. The van der Waals surface area contributed by atoms with Gasteiger partial charge in [-0.2, -0.15) is 0 Å². The van der Waals surface area contributed by atoms with E-state index in [1.54, 1.807) is 11.1 Å². The summed E-state index contributed by atoms with van der Waals surface area (Å²) in [5.74, 6) is 0.00918. The minimum absolute atomic E-state index is 0.0364. The molecule has 4 nitrogen and oxygen atoms in total. The van der Waals surface area contributed by atoms with E-state index in [9.17, 15) is 4.79 Å². The smallest absolute Gasteiger partial charge is 0.273 e. The van der Waals surface area contributed by atoms with Crippen molar-refractivity contribution in [3.8, 4) is 5.19 Å². The number of carbonyl (C=O) groups excluding carboxylic acids is 1. The number of rotatable bonds is 3. The predicted octanol–water partition coefficient (Wildman–Crippen LogP) is 0.972. The van der Waals surface area contributed by atoms with E-state index in [0.717, 1.165) is 0 Å². The Morgan fingerprint density at radius 1 is 1.79 bits per heavy atom. The number of nitrogens with zero attached hydrogens (tertiary/aromatic N) is 2. The van der Waals surface area contributed by atoms with Crippen molar-refractivity contribution >= 4 is 28.8 Å². The average molecular weight is 233 g/mol. The predicted molar refractivity (Wildman–Crippen MR) is 53.8 cm³/mol. The fourth-order valence-electron chi connectivity index (χ4n) is 1.21. The largest absolute Gasteiger partial charge is 0.463 e. The molecule has 0 bridgehead atoms. The molecule has 1 amide bonds. The zero-order valence-corrected chi connectivity index (χ0v) is 8.92. The van der Waals surface area contributed by atoms with Crippen LogP contribution in [0.4, 0.5) is 0 Å². The normalized spacial score (nSPS) is 16.5. The number of amides is 1. The summed E-state index contributed by atoms with van der Waals surface area (Å²) < 4.78 is 5.49. The molecule has 76 valence electrons. The van der Waals surface area contributed by atoms with Crippen molar-refractivity contribution in [1.82, 2.24) is 9.88 Å². The summed E-state index contributed by atoms with van der Waals surface area (Å²) in [6.45, 7) is 1.23. The molecule has 0 atom stereocenters. The highest BCUT2D eigenvalue weighted by Gasteiger charge is 2.31. The van der Waals surface area contributed by atoms with Gasteiger partial charge in [-0.25, -0.2) is 4.98 Å². The first-order chi connectivity index (χ1) is 6.79. The van der Waals surface area contributed by atoms with Crippen molar-refractivity contribution in [3.05, 3.63) is 11.6 Å². The summed E-state index contributed by atoms with van der Waals surface area (Å²) in [6.07, 6.45) is 1.77. The molecule has 0 radical (unpaired) electrons. The zero-order chi connectivity index (χ0) is 9.97. The number of aromatic nitrogens is 1. The number of carbonyl (C=O) groups is 1. The van der Waals surface area contributed by atoms with Gasteiger partial charge in [-0.1, -0.05) is 11.3 Å². The summed E-state index contributed by atoms with van der Waals surface area (Å²) in [7, 11) is 0. The van der Waals surface area contributed by atoms with Crippen LogP contribution in [-0.2, 0) is 4.79 Å². The van der Waals surface area contributed by atoms with Crippen LogP contribution in [0.25, 0.3) is 0 Å². The molecule has 2 heterocycles. The third-order valence-electron chi connectivity index (χ3n) is 1.99. The van der Waals surface area contributed by atoms with Crippen LogP contribution in [0, 0.1) is 0 Å². The Labute approximate surface area is 90.4 Å². The molecule has 6 heteroatoms. The maximum Gasteiger partial charge on any atom is 0.273 e. The molecule has 0 spiro atoms. The number of ether oxygens (including phenoxy) is 1. The summed E-state index contributed by atoms with van der Waals surface area (Å²) in [5, 5.41) is 2.52. The van der Waals surface area contributed by atoms with Crippen LogP contribution >= 0.6 is 22.9 Å². The highest BCUT2D eigenvalue weighted by Crippen LogP contribution is 2.20. The molecular formula is C8H9ClN2O2S. The quantitative estimate of drug-likeness (QED) is 0.730. The minimum Gasteiger partial charge on any atom is -0.463 e. The number of thiazole rings is 1. The van der Waals surface area contributed by atoms with E-state index >= 15 is 0 Å². The van der Waals surface area contributed by atoms with E-state index in [2.05, 4.69) is 4.98 Å². The van der Waals surface area contributed by atoms with E-state index in [4.69, 9.17) is 16.3 Å². The maximum atomic E-state index is 11.1. The molecule has 0 aromatic carbocycles. The average Bonchev–Trinajstić information content (AvgIpc) is 2.61. The molecule has 1 aromatic rings. The van der Waals surface area contributed by atoms with Crippen molar-refractivity contribution in [3.63, 3.8) is 0 Å². The summed E-state index contributed by atoms with van der Waals surface area (Å²) in [5.41, 5.74) is 0. The second-order valence-corrected chi connectivity index (χ2v) is 4.09. The van der Waals surface area contributed by atoms with Gasteiger partial charge in [-0.15, -0.1) is 11.6 Å². The van der Waals surface area contributed by atoms with Gasteiger partial charge in [-0.3, -0.25) is 4.79 Å². The van der Waals surface area contributed by atoms with Crippen molar-refractivity contribution in [2.45, 2.75) is 6.10 Å². The molecule has 2 rings (SSSR count). The summed E-state index contributed by atoms with van der Waals surface area (Å²) >= 11 is 6.86. The Hall–Kier alpha value is -0.810. The molecule has 14 heavy (non-hydrogen) atoms. The monoisotopic (exact) mass is 232 g/mol. The van der Waals surface area contributed by atoms with Gasteiger partial charge in [0.2, 0.25) is 5.91 Å². The molecule has 1 aliphatic rings. The van der Waals surface area contributed by atoms with Crippen molar-refractivity contribution in [1.29, 1.82) is 0 Å². The molecule has 1 fully saturated rings. The molecule has 0 saturated carbocycles. The first-order valence-electron chi connectivity index (χ1n) is 4.19. The van der Waals surface area contributed by atoms with Gasteiger partial charge in [0.1, 0.15) is 12.0 Å². The molecule has 1 aliphatic heterocycles. The Morgan fingerprint density at radius 3 is 3.14 bits per heavy atom. The van der Waals surface area contributed by atoms with Crippen LogP contribution in [0.2, 0.25) is 0 Å².